The quantitative estimate of drug-likeness (QED) is 0.905. The van der Waals surface area contributed by atoms with Crippen molar-refractivity contribution in [3.05, 3.63) is 28.8 Å². The van der Waals surface area contributed by atoms with Gasteiger partial charge in [-0.3, -0.25) is 4.90 Å². The van der Waals surface area contributed by atoms with Crippen LogP contribution < -0.4 is 10.6 Å². The minimum Gasteiger partial charge on any atom is -0.367 e. The lowest BCUT2D eigenvalue weighted by Crippen LogP contribution is -2.57. The fraction of sp³-hybridized carbons (Fsp3) is 0.600. The van der Waals surface area contributed by atoms with Gasteiger partial charge in [-0.25, -0.2) is 0 Å². The molecule has 0 bridgehead atoms. The Kier molecular flexibility index (Phi) is 4.09. The van der Waals surface area contributed by atoms with Gasteiger partial charge in [-0.2, -0.15) is 0 Å². The summed E-state index contributed by atoms with van der Waals surface area (Å²) in [5, 5.41) is 0.801. The smallest absolute Gasteiger partial charge is 0.0642 e. The fourth-order valence-corrected chi connectivity index (χ4v) is 2.82. The molecule has 1 aromatic carbocycles. The molecule has 0 aromatic heterocycles. The minimum absolute atomic E-state index is 0.0236. The molecule has 1 aliphatic rings. The van der Waals surface area contributed by atoms with Crippen molar-refractivity contribution in [1.82, 2.24) is 4.90 Å². The molecule has 2 N–H and O–H groups in total. The Hall–Kier alpha value is -0.770. The van der Waals surface area contributed by atoms with Crippen LogP contribution in [-0.2, 0) is 0 Å². The summed E-state index contributed by atoms with van der Waals surface area (Å²) in [4.78, 5) is 4.76. The van der Waals surface area contributed by atoms with Gasteiger partial charge in [0.1, 0.15) is 0 Å². The second-order valence-electron chi connectivity index (χ2n) is 6.16. The van der Waals surface area contributed by atoms with E-state index in [1.807, 2.05) is 13.0 Å². The number of hydrogen-bond acceptors (Lipinski definition) is 3. The number of hydrogen-bond donors (Lipinski definition) is 1. The molecule has 0 amide bonds. The van der Waals surface area contributed by atoms with Crippen LogP contribution in [0.25, 0.3) is 0 Å². The Balaban J connectivity index is 2.23. The first kappa shape index (κ1) is 14.6. The predicted octanol–water partition coefficient (Wildman–Crippen LogP) is 2.89. The van der Waals surface area contributed by atoms with Crippen LogP contribution in [0.5, 0.6) is 0 Å². The van der Waals surface area contributed by atoms with E-state index in [-0.39, 0.29) is 11.6 Å². The Morgan fingerprint density at radius 1 is 1.32 bits per heavy atom. The highest BCUT2D eigenvalue weighted by atomic mass is 35.5. The van der Waals surface area contributed by atoms with E-state index in [0.29, 0.717) is 0 Å². The standard InChI is InChI=1S/C15H24ClN3/c1-11(17)12-5-6-14(13(16)9-12)19-8-7-18(4)15(2,3)10-19/h5-6,9,11H,7-8,10,17H2,1-4H3/t11-/m0/s1. The Morgan fingerprint density at radius 3 is 2.53 bits per heavy atom. The topological polar surface area (TPSA) is 32.5 Å². The maximum absolute atomic E-state index is 6.43. The molecular weight excluding hydrogens is 258 g/mol. The van der Waals surface area contributed by atoms with Crippen LogP contribution in [0.3, 0.4) is 0 Å². The van der Waals surface area contributed by atoms with E-state index in [2.05, 4.69) is 42.8 Å². The third kappa shape index (κ3) is 3.04. The normalized spacial score (nSPS) is 21.5. The molecule has 1 aliphatic heterocycles. The maximum Gasteiger partial charge on any atom is 0.0642 e. The summed E-state index contributed by atoms with van der Waals surface area (Å²) in [5.74, 6) is 0. The van der Waals surface area contributed by atoms with Gasteiger partial charge >= 0.3 is 0 Å². The zero-order chi connectivity index (χ0) is 14.2. The van der Waals surface area contributed by atoms with Gasteiger partial charge in [-0.1, -0.05) is 17.7 Å². The highest BCUT2D eigenvalue weighted by Gasteiger charge is 2.31. The minimum atomic E-state index is 0.0236. The van der Waals surface area contributed by atoms with Crippen LogP contribution in [-0.4, -0.2) is 37.1 Å². The first-order chi connectivity index (χ1) is 8.81. The molecule has 1 aromatic rings. The number of benzene rings is 1. The molecule has 1 fully saturated rings. The van der Waals surface area contributed by atoms with E-state index < -0.39 is 0 Å². The Labute approximate surface area is 121 Å². The number of nitrogens with two attached hydrogens (primary N) is 1. The number of anilines is 1. The van der Waals surface area contributed by atoms with Crippen molar-refractivity contribution in [1.29, 1.82) is 0 Å². The van der Waals surface area contributed by atoms with E-state index in [1.165, 1.54) is 0 Å². The molecule has 1 atom stereocenters. The lowest BCUT2D eigenvalue weighted by molar-refractivity contribution is 0.139. The molecule has 19 heavy (non-hydrogen) atoms. The first-order valence-corrected chi connectivity index (χ1v) is 7.20. The van der Waals surface area contributed by atoms with Crippen LogP contribution in [0, 0.1) is 0 Å². The van der Waals surface area contributed by atoms with Gasteiger partial charge in [-0.05, 0) is 45.5 Å². The molecule has 0 spiro atoms. The third-order valence-corrected chi connectivity index (χ3v) is 4.46. The van der Waals surface area contributed by atoms with E-state index in [1.54, 1.807) is 0 Å². The second-order valence-corrected chi connectivity index (χ2v) is 6.56. The second kappa shape index (κ2) is 5.31. The SMILES string of the molecule is C[C@H](N)c1ccc(N2CCN(C)C(C)(C)C2)c(Cl)c1. The van der Waals surface area contributed by atoms with E-state index in [9.17, 15) is 0 Å². The molecule has 0 saturated carbocycles. The van der Waals surface area contributed by atoms with Crippen molar-refractivity contribution in [2.24, 2.45) is 5.73 Å². The highest BCUT2D eigenvalue weighted by Crippen LogP contribution is 2.31. The van der Waals surface area contributed by atoms with Crippen LogP contribution in [0.4, 0.5) is 5.69 Å². The summed E-state index contributed by atoms with van der Waals surface area (Å²) in [7, 11) is 2.18. The zero-order valence-corrected chi connectivity index (χ0v) is 13.0. The molecule has 4 heteroatoms. The lowest BCUT2D eigenvalue weighted by atomic mass is 9.99. The molecule has 3 nitrogen and oxygen atoms in total. The zero-order valence-electron chi connectivity index (χ0n) is 12.3. The molecule has 2 rings (SSSR count). The third-order valence-electron chi connectivity index (χ3n) is 4.15. The van der Waals surface area contributed by atoms with Crippen LogP contribution >= 0.6 is 11.6 Å². The van der Waals surface area contributed by atoms with Crippen molar-refractivity contribution in [3.8, 4) is 0 Å². The number of piperazine rings is 1. The van der Waals surface area contributed by atoms with Crippen molar-refractivity contribution >= 4 is 17.3 Å². The number of likely N-dealkylation sites (N-methyl/N-ethyl adjacent to an activating group) is 1. The van der Waals surface area contributed by atoms with Crippen molar-refractivity contribution in [3.63, 3.8) is 0 Å². The lowest BCUT2D eigenvalue weighted by Gasteiger charge is -2.46. The molecule has 0 aliphatic carbocycles. The number of nitrogens with zero attached hydrogens (tertiary/aromatic N) is 2. The van der Waals surface area contributed by atoms with Gasteiger partial charge in [-0.15, -0.1) is 0 Å². The average molecular weight is 282 g/mol. The fourth-order valence-electron chi connectivity index (χ4n) is 2.51. The predicted molar refractivity (Wildman–Crippen MR) is 83.0 cm³/mol. The molecular formula is C15H24ClN3. The summed E-state index contributed by atoms with van der Waals surface area (Å²) in [6, 6.07) is 6.20. The maximum atomic E-state index is 6.43. The van der Waals surface area contributed by atoms with Gasteiger partial charge in [0.2, 0.25) is 0 Å². The van der Waals surface area contributed by atoms with E-state index in [4.69, 9.17) is 17.3 Å². The molecule has 1 heterocycles. The van der Waals surface area contributed by atoms with Crippen LogP contribution in [0.15, 0.2) is 18.2 Å². The van der Waals surface area contributed by atoms with Crippen molar-refractivity contribution in [2.45, 2.75) is 32.4 Å². The Morgan fingerprint density at radius 2 is 2.00 bits per heavy atom. The molecule has 1 saturated heterocycles. The van der Waals surface area contributed by atoms with Crippen LogP contribution in [0.2, 0.25) is 5.02 Å². The van der Waals surface area contributed by atoms with Gasteiger partial charge in [0.05, 0.1) is 10.7 Å². The van der Waals surface area contributed by atoms with Gasteiger partial charge in [0.25, 0.3) is 0 Å². The van der Waals surface area contributed by atoms with Crippen molar-refractivity contribution in [2.75, 3.05) is 31.6 Å². The molecule has 106 valence electrons. The Bertz CT molecular complexity index is 457. The first-order valence-electron chi connectivity index (χ1n) is 6.82. The molecule has 0 unspecified atom stereocenters. The van der Waals surface area contributed by atoms with E-state index in [0.717, 1.165) is 35.9 Å². The summed E-state index contributed by atoms with van der Waals surface area (Å²) in [6.45, 7) is 9.56. The summed E-state index contributed by atoms with van der Waals surface area (Å²) < 4.78 is 0. The van der Waals surface area contributed by atoms with Crippen molar-refractivity contribution < 1.29 is 0 Å². The monoisotopic (exact) mass is 281 g/mol. The van der Waals surface area contributed by atoms with Gasteiger partial charge in [0.15, 0.2) is 0 Å². The average Bonchev–Trinajstić information content (AvgIpc) is 2.32. The number of halogens is 1. The molecule has 0 radical (unpaired) electrons. The highest BCUT2D eigenvalue weighted by molar-refractivity contribution is 6.33. The summed E-state index contributed by atoms with van der Waals surface area (Å²) in [5.41, 5.74) is 8.26. The van der Waals surface area contributed by atoms with Crippen LogP contribution in [0.1, 0.15) is 32.4 Å². The summed E-state index contributed by atoms with van der Waals surface area (Å²) >= 11 is 6.43. The van der Waals surface area contributed by atoms with E-state index >= 15 is 0 Å². The van der Waals surface area contributed by atoms with Gasteiger partial charge in [0, 0.05) is 31.2 Å². The van der Waals surface area contributed by atoms with Gasteiger partial charge < -0.3 is 10.6 Å². The largest absolute Gasteiger partial charge is 0.367 e. The summed E-state index contributed by atoms with van der Waals surface area (Å²) in [6.07, 6.45) is 0. The number of rotatable bonds is 2.